The molecule has 2 heterocycles. The highest BCUT2D eigenvalue weighted by Gasteiger charge is 2.30. The third-order valence-corrected chi connectivity index (χ3v) is 7.21. The van der Waals surface area contributed by atoms with Crippen molar-refractivity contribution in [3.05, 3.63) is 16.3 Å². The molecule has 0 spiro atoms. The molecule has 0 aliphatic carbocycles. The van der Waals surface area contributed by atoms with E-state index < -0.39 is 10.0 Å². The average Bonchev–Trinajstić information content (AvgIpc) is 2.77. The Labute approximate surface area is 115 Å². The maximum atomic E-state index is 12.4. The first kappa shape index (κ1) is 13.7. The van der Waals surface area contributed by atoms with Crippen molar-refractivity contribution in [2.45, 2.75) is 22.9 Å². The fourth-order valence-electron chi connectivity index (χ4n) is 1.80. The monoisotopic (exact) mass is 311 g/mol. The second kappa shape index (κ2) is 5.48. The first-order chi connectivity index (χ1) is 8.05. The zero-order valence-electron chi connectivity index (χ0n) is 9.43. The van der Waals surface area contributed by atoms with Crippen LogP contribution in [0.1, 0.15) is 11.8 Å². The standard InChI is InChI=1S/C10H14ClNO2S3/c1-8-7-12(3-5-15-8)17(13,14)10-2-4-16-9(10)6-11/h2,4,8H,3,5-7H2,1H3. The van der Waals surface area contributed by atoms with Crippen molar-refractivity contribution in [1.29, 1.82) is 0 Å². The number of rotatable bonds is 3. The van der Waals surface area contributed by atoms with Crippen LogP contribution in [0.4, 0.5) is 0 Å². The van der Waals surface area contributed by atoms with E-state index in [0.717, 1.165) is 10.6 Å². The number of hydrogen-bond acceptors (Lipinski definition) is 4. The van der Waals surface area contributed by atoms with E-state index >= 15 is 0 Å². The number of alkyl halides is 1. The Bertz CT molecular complexity index is 485. The van der Waals surface area contributed by atoms with Gasteiger partial charge in [-0.05, 0) is 11.4 Å². The molecule has 0 saturated carbocycles. The first-order valence-electron chi connectivity index (χ1n) is 5.30. The molecule has 1 aliphatic heterocycles. The molecule has 0 bridgehead atoms. The highest BCUT2D eigenvalue weighted by molar-refractivity contribution is 8.00. The number of nitrogens with zero attached hydrogens (tertiary/aromatic N) is 1. The van der Waals surface area contributed by atoms with Gasteiger partial charge in [0.15, 0.2) is 0 Å². The fraction of sp³-hybridized carbons (Fsp3) is 0.600. The van der Waals surface area contributed by atoms with Crippen molar-refractivity contribution in [3.63, 3.8) is 0 Å². The predicted octanol–water partition coefficient (Wildman–Crippen LogP) is 2.61. The molecule has 17 heavy (non-hydrogen) atoms. The van der Waals surface area contributed by atoms with Crippen LogP contribution < -0.4 is 0 Å². The molecule has 1 atom stereocenters. The molecule has 0 radical (unpaired) electrons. The molecular weight excluding hydrogens is 298 g/mol. The summed E-state index contributed by atoms with van der Waals surface area (Å²) < 4.78 is 26.5. The lowest BCUT2D eigenvalue weighted by molar-refractivity contribution is 0.424. The smallest absolute Gasteiger partial charge is 0.207 e. The summed E-state index contributed by atoms with van der Waals surface area (Å²) in [5, 5.41) is 2.14. The topological polar surface area (TPSA) is 37.4 Å². The number of thioether (sulfide) groups is 1. The van der Waals surface area contributed by atoms with Crippen molar-refractivity contribution >= 4 is 44.7 Å². The second-order valence-corrected chi connectivity index (χ2v) is 8.61. The maximum absolute atomic E-state index is 12.4. The van der Waals surface area contributed by atoms with Crippen LogP contribution in [0, 0.1) is 0 Å². The van der Waals surface area contributed by atoms with Gasteiger partial charge >= 0.3 is 0 Å². The molecule has 2 rings (SSSR count). The molecule has 96 valence electrons. The van der Waals surface area contributed by atoms with Gasteiger partial charge in [-0.2, -0.15) is 16.1 Å². The third kappa shape index (κ3) is 2.81. The molecule has 1 aromatic heterocycles. The van der Waals surface area contributed by atoms with E-state index in [1.165, 1.54) is 11.3 Å². The Morgan fingerprint density at radius 2 is 2.35 bits per heavy atom. The Hall–Kier alpha value is 0.250. The highest BCUT2D eigenvalue weighted by Crippen LogP contribution is 2.29. The van der Waals surface area contributed by atoms with Crippen LogP contribution in [-0.2, 0) is 15.9 Å². The summed E-state index contributed by atoms with van der Waals surface area (Å²) in [6.07, 6.45) is 0. The Morgan fingerprint density at radius 1 is 1.59 bits per heavy atom. The first-order valence-corrected chi connectivity index (χ1v) is 9.20. The van der Waals surface area contributed by atoms with Crippen LogP contribution in [-0.4, -0.2) is 36.8 Å². The van der Waals surface area contributed by atoms with Crippen molar-refractivity contribution in [2.24, 2.45) is 0 Å². The summed E-state index contributed by atoms with van der Waals surface area (Å²) in [5.74, 6) is 1.12. The van der Waals surface area contributed by atoms with E-state index in [1.807, 2.05) is 11.8 Å². The van der Waals surface area contributed by atoms with Crippen molar-refractivity contribution in [1.82, 2.24) is 4.31 Å². The predicted molar refractivity (Wildman–Crippen MR) is 74.6 cm³/mol. The lowest BCUT2D eigenvalue weighted by Gasteiger charge is -2.29. The fourth-order valence-corrected chi connectivity index (χ4v) is 6.23. The van der Waals surface area contributed by atoms with Crippen LogP contribution in [0.5, 0.6) is 0 Å². The summed E-state index contributed by atoms with van der Waals surface area (Å²) in [4.78, 5) is 1.12. The van der Waals surface area contributed by atoms with Gasteiger partial charge in [-0.15, -0.1) is 22.9 Å². The van der Waals surface area contributed by atoms with Crippen LogP contribution in [0.25, 0.3) is 0 Å². The Kier molecular flexibility index (Phi) is 4.41. The van der Waals surface area contributed by atoms with Gasteiger partial charge < -0.3 is 0 Å². The van der Waals surface area contributed by atoms with Crippen LogP contribution in [0.15, 0.2) is 16.3 Å². The number of thiophene rings is 1. The Morgan fingerprint density at radius 3 is 3.00 bits per heavy atom. The van der Waals surface area contributed by atoms with Crippen LogP contribution >= 0.6 is 34.7 Å². The number of halogens is 1. The molecular formula is C10H14ClNO2S3. The van der Waals surface area contributed by atoms with E-state index in [-0.39, 0.29) is 5.88 Å². The minimum absolute atomic E-state index is 0.254. The minimum atomic E-state index is -3.35. The summed E-state index contributed by atoms with van der Waals surface area (Å²) in [5.41, 5.74) is 0. The molecule has 1 aliphatic rings. The zero-order chi connectivity index (χ0) is 12.5. The zero-order valence-corrected chi connectivity index (χ0v) is 12.6. The summed E-state index contributed by atoms with van der Waals surface area (Å²) in [6, 6.07) is 1.66. The van der Waals surface area contributed by atoms with E-state index in [2.05, 4.69) is 6.92 Å². The summed E-state index contributed by atoms with van der Waals surface area (Å²) in [6.45, 7) is 3.24. The maximum Gasteiger partial charge on any atom is 0.244 e. The quantitative estimate of drug-likeness (QED) is 0.805. The van der Waals surface area contributed by atoms with Gasteiger partial charge in [-0.25, -0.2) is 8.42 Å². The third-order valence-electron chi connectivity index (χ3n) is 2.65. The molecule has 0 N–H and O–H groups in total. The molecule has 0 aromatic carbocycles. The van der Waals surface area contributed by atoms with Gasteiger partial charge in [0.05, 0.1) is 10.8 Å². The van der Waals surface area contributed by atoms with Gasteiger partial charge in [0, 0.05) is 29.0 Å². The van der Waals surface area contributed by atoms with E-state index in [1.54, 1.807) is 15.8 Å². The lowest BCUT2D eigenvalue weighted by Crippen LogP contribution is -2.41. The number of sulfonamides is 1. The van der Waals surface area contributed by atoms with Gasteiger partial charge in [0.2, 0.25) is 10.0 Å². The SMILES string of the molecule is CC1CN(S(=O)(=O)c2ccsc2CCl)CCS1. The largest absolute Gasteiger partial charge is 0.244 e. The summed E-state index contributed by atoms with van der Waals surface area (Å²) in [7, 11) is -3.35. The van der Waals surface area contributed by atoms with Gasteiger partial charge in [0.25, 0.3) is 0 Å². The van der Waals surface area contributed by atoms with Crippen molar-refractivity contribution in [3.8, 4) is 0 Å². The number of hydrogen-bond donors (Lipinski definition) is 0. The summed E-state index contributed by atoms with van der Waals surface area (Å²) >= 11 is 8.98. The van der Waals surface area contributed by atoms with Crippen LogP contribution in [0.3, 0.4) is 0 Å². The molecule has 1 fully saturated rings. The van der Waals surface area contributed by atoms with Crippen molar-refractivity contribution in [2.75, 3.05) is 18.8 Å². The van der Waals surface area contributed by atoms with Crippen LogP contribution in [0.2, 0.25) is 0 Å². The van der Waals surface area contributed by atoms with E-state index in [0.29, 0.717) is 23.2 Å². The van der Waals surface area contributed by atoms with Gasteiger partial charge in [-0.1, -0.05) is 6.92 Å². The van der Waals surface area contributed by atoms with E-state index in [9.17, 15) is 8.42 Å². The van der Waals surface area contributed by atoms with Crippen molar-refractivity contribution < 1.29 is 8.42 Å². The molecule has 1 unspecified atom stereocenters. The molecule has 3 nitrogen and oxygen atoms in total. The van der Waals surface area contributed by atoms with Gasteiger partial charge in [-0.3, -0.25) is 0 Å². The van der Waals surface area contributed by atoms with E-state index in [4.69, 9.17) is 11.6 Å². The second-order valence-electron chi connectivity index (χ2n) is 3.89. The lowest BCUT2D eigenvalue weighted by atomic mass is 10.4. The minimum Gasteiger partial charge on any atom is -0.207 e. The van der Waals surface area contributed by atoms with Gasteiger partial charge in [0.1, 0.15) is 0 Å². The molecule has 0 amide bonds. The molecule has 1 saturated heterocycles. The highest BCUT2D eigenvalue weighted by atomic mass is 35.5. The Balaban J connectivity index is 2.30. The average molecular weight is 312 g/mol. The molecule has 1 aromatic rings. The normalized spacial score (nSPS) is 22.8. The molecule has 7 heteroatoms.